The summed E-state index contributed by atoms with van der Waals surface area (Å²) in [6, 6.07) is 6.84. The van der Waals surface area contributed by atoms with E-state index in [1.54, 1.807) is 18.3 Å². The van der Waals surface area contributed by atoms with E-state index < -0.39 is 0 Å². The maximum Gasteiger partial charge on any atom is 0.123 e. The molecule has 1 aromatic carbocycles. The maximum absolute atomic E-state index is 13.1. The molecule has 0 aliphatic heterocycles. The van der Waals surface area contributed by atoms with Gasteiger partial charge >= 0.3 is 0 Å². The van der Waals surface area contributed by atoms with Crippen molar-refractivity contribution in [2.75, 3.05) is 6.54 Å². The third-order valence-electron chi connectivity index (χ3n) is 3.07. The number of hydrogen-bond acceptors (Lipinski definition) is 2. The Kier molecular flexibility index (Phi) is 4.10. The van der Waals surface area contributed by atoms with Gasteiger partial charge in [-0.1, -0.05) is 12.1 Å². The Morgan fingerprint density at radius 2 is 2.28 bits per heavy atom. The van der Waals surface area contributed by atoms with E-state index in [0.29, 0.717) is 0 Å². The number of hydrogen-bond donors (Lipinski definition) is 1. The standard InChI is InChI=1S/C14H18FN3/c1-11(12-4-3-5-13(15)10-12)16-7-6-14-17-8-9-18(14)2/h3-5,8-11,16H,6-7H2,1-2H3. The second-order valence-corrected chi connectivity index (χ2v) is 4.44. The number of benzene rings is 1. The first kappa shape index (κ1) is 12.8. The molecule has 1 unspecified atom stereocenters. The van der Waals surface area contributed by atoms with Gasteiger partial charge in [-0.05, 0) is 24.6 Å². The monoisotopic (exact) mass is 247 g/mol. The van der Waals surface area contributed by atoms with Gasteiger partial charge in [0, 0.05) is 38.4 Å². The van der Waals surface area contributed by atoms with Crippen LogP contribution in [0.25, 0.3) is 0 Å². The third-order valence-corrected chi connectivity index (χ3v) is 3.07. The molecular weight excluding hydrogens is 229 g/mol. The van der Waals surface area contributed by atoms with E-state index in [1.807, 2.05) is 30.8 Å². The van der Waals surface area contributed by atoms with Gasteiger partial charge in [-0.2, -0.15) is 0 Å². The Balaban J connectivity index is 1.85. The summed E-state index contributed by atoms with van der Waals surface area (Å²) in [6.07, 6.45) is 4.60. The van der Waals surface area contributed by atoms with Crippen LogP contribution in [-0.2, 0) is 13.5 Å². The predicted molar refractivity (Wildman–Crippen MR) is 69.7 cm³/mol. The number of imidazole rings is 1. The molecule has 1 aromatic heterocycles. The molecule has 0 spiro atoms. The molecule has 0 bridgehead atoms. The molecule has 1 heterocycles. The molecule has 0 radical (unpaired) electrons. The Labute approximate surface area is 107 Å². The molecular formula is C14H18FN3. The number of halogens is 1. The van der Waals surface area contributed by atoms with Crippen LogP contribution in [0, 0.1) is 5.82 Å². The van der Waals surface area contributed by atoms with E-state index in [1.165, 1.54) is 6.07 Å². The minimum Gasteiger partial charge on any atom is -0.338 e. The van der Waals surface area contributed by atoms with Crippen molar-refractivity contribution in [3.63, 3.8) is 0 Å². The summed E-state index contributed by atoms with van der Waals surface area (Å²) in [5, 5.41) is 3.37. The second-order valence-electron chi connectivity index (χ2n) is 4.44. The molecule has 1 N–H and O–H groups in total. The topological polar surface area (TPSA) is 29.9 Å². The van der Waals surface area contributed by atoms with Crippen LogP contribution in [0.1, 0.15) is 24.4 Å². The molecule has 4 heteroatoms. The predicted octanol–water partition coefficient (Wildman–Crippen LogP) is 2.45. The minimum absolute atomic E-state index is 0.140. The fourth-order valence-electron chi connectivity index (χ4n) is 1.93. The summed E-state index contributed by atoms with van der Waals surface area (Å²) in [5.74, 6) is 0.860. The lowest BCUT2D eigenvalue weighted by Gasteiger charge is -2.14. The van der Waals surface area contributed by atoms with Crippen molar-refractivity contribution in [1.29, 1.82) is 0 Å². The van der Waals surface area contributed by atoms with E-state index in [-0.39, 0.29) is 11.9 Å². The minimum atomic E-state index is -0.190. The third kappa shape index (κ3) is 3.17. The SMILES string of the molecule is CC(NCCc1nccn1C)c1cccc(F)c1. The van der Waals surface area contributed by atoms with E-state index >= 15 is 0 Å². The molecule has 0 fully saturated rings. The zero-order valence-electron chi connectivity index (χ0n) is 10.7. The average molecular weight is 247 g/mol. The molecule has 3 nitrogen and oxygen atoms in total. The van der Waals surface area contributed by atoms with E-state index in [9.17, 15) is 4.39 Å². The maximum atomic E-state index is 13.1. The van der Waals surface area contributed by atoms with Crippen LogP contribution in [0.4, 0.5) is 4.39 Å². The zero-order chi connectivity index (χ0) is 13.0. The van der Waals surface area contributed by atoms with Crippen molar-refractivity contribution >= 4 is 0 Å². The van der Waals surface area contributed by atoms with Crippen LogP contribution < -0.4 is 5.32 Å². The Morgan fingerprint density at radius 3 is 2.94 bits per heavy atom. The largest absolute Gasteiger partial charge is 0.338 e. The van der Waals surface area contributed by atoms with Crippen molar-refractivity contribution in [2.45, 2.75) is 19.4 Å². The normalized spacial score (nSPS) is 12.6. The fraction of sp³-hybridized carbons (Fsp3) is 0.357. The molecule has 18 heavy (non-hydrogen) atoms. The molecule has 0 saturated heterocycles. The van der Waals surface area contributed by atoms with Crippen LogP contribution in [0.15, 0.2) is 36.7 Å². The number of aryl methyl sites for hydroxylation is 1. The zero-order valence-corrected chi connectivity index (χ0v) is 10.7. The first-order chi connectivity index (χ1) is 8.66. The summed E-state index contributed by atoms with van der Waals surface area (Å²) in [5.41, 5.74) is 0.967. The summed E-state index contributed by atoms with van der Waals surface area (Å²) in [6.45, 7) is 2.86. The highest BCUT2D eigenvalue weighted by Crippen LogP contribution is 2.13. The van der Waals surface area contributed by atoms with Crippen molar-refractivity contribution in [3.8, 4) is 0 Å². The summed E-state index contributed by atoms with van der Waals surface area (Å²) < 4.78 is 15.1. The molecule has 2 rings (SSSR count). The molecule has 1 atom stereocenters. The molecule has 0 saturated carbocycles. The van der Waals surface area contributed by atoms with Gasteiger partial charge in [-0.25, -0.2) is 9.37 Å². The van der Waals surface area contributed by atoms with Gasteiger partial charge in [0.2, 0.25) is 0 Å². The Hall–Kier alpha value is -1.68. The molecule has 96 valence electrons. The van der Waals surface area contributed by atoms with Crippen LogP contribution in [0.3, 0.4) is 0 Å². The van der Waals surface area contributed by atoms with E-state index in [2.05, 4.69) is 10.3 Å². The van der Waals surface area contributed by atoms with Gasteiger partial charge in [0.1, 0.15) is 11.6 Å². The number of nitrogens with one attached hydrogen (secondary N) is 1. The van der Waals surface area contributed by atoms with Crippen molar-refractivity contribution < 1.29 is 4.39 Å². The molecule has 0 aliphatic carbocycles. The number of aromatic nitrogens is 2. The van der Waals surface area contributed by atoms with Crippen molar-refractivity contribution in [1.82, 2.24) is 14.9 Å². The lowest BCUT2D eigenvalue weighted by Crippen LogP contribution is -2.22. The van der Waals surface area contributed by atoms with Gasteiger partial charge in [0.25, 0.3) is 0 Å². The quantitative estimate of drug-likeness (QED) is 0.879. The van der Waals surface area contributed by atoms with Gasteiger partial charge in [-0.3, -0.25) is 0 Å². The first-order valence-electron chi connectivity index (χ1n) is 6.12. The Morgan fingerprint density at radius 1 is 1.44 bits per heavy atom. The lowest BCUT2D eigenvalue weighted by atomic mass is 10.1. The fourth-order valence-corrected chi connectivity index (χ4v) is 1.93. The lowest BCUT2D eigenvalue weighted by molar-refractivity contribution is 0.557. The van der Waals surface area contributed by atoms with E-state index in [4.69, 9.17) is 0 Å². The highest BCUT2D eigenvalue weighted by atomic mass is 19.1. The summed E-state index contributed by atoms with van der Waals surface area (Å²) in [4.78, 5) is 4.26. The number of nitrogens with zero attached hydrogens (tertiary/aromatic N) is 2. The highest BCUT2D eigenvalue weighted by molar-refractivity contribution is 5.19. The smallest absolute Gasteiger partial charge is 0.123 e. The molecule has 0 aliphatic rings. The molecule has 2 aromatic rings. The summed E-state index contributed by atoms with van der Waals surface area (Å²) in [7, 11) is 1.98. The van der Waals surface area contributed by atoms with Gasteiger partial charge < -0.3 is 9.88 Å². The van der Waals surface area contributed by atoms with Gasteiger partial charge in [0.15, 0.2) is 0 Å². The van der Waals surface area contributed by atoms with Crippen LogP contribution in [0.5, 0.6) is 0 Å². The van der Waals surface area contributed by atoms with Gasteiger partial charge in [-0.15, -0.1) is 0 Å². The Bertz CT molecular complexity index is 507. The summed E-state index contributed by atoms with van der Waals surface area (Å²) >= 11 is 0. The first-order valence-corrected chi connectivity index (χ1v) is 6.12. The van der Waals surface area contributed by atoms with Crippen molar-refractivity contribution in [2.24, 2.45) is 7.05 Å². The van der Waals surface area contributed by atoms with E-state index in [0.717, 1.165) is 24.4 Å². The number of rotatable bonds is 5. The second kappa shape index (κ2) is 5.78. The van der Waals surface area contributed by atoms with Crippen molar-refractivity contribution in [3.05, 3.63) is 53.9 Å². The average Bonchev–Trinajstić information content (AvgIpc) is 2.75. The van der Waals surface area contributed by atoms with Gasteiger partial charge in [0.05, 0.1) is 0 Å². The highest BCUT2D eigenvalue weighted by Gasteiger charge is 2.06. The van der Waals surface area contributed by atoms with Crippen LogP contribution in [-0.4, -0.2) is 16.1 Å². The molecule has 0 amide bonds. The van der Waals surface area contributed by atoms with Crippen LogP contribution in [0.2, 0.25) is 0 Å². The van der Waals surface area contributed by atoms with Crippen LogP contribution >= 0.6 is 0 Å².